The summed E-state index contributed by atoms with van der Waals surface area (Å²) in [5.74, 6) is 0. The quantitative estimate of drug-likeness (QED) is 0.441. The van der Waals surface area contributed by atoms with Gasteiger partial charge in [-0.1, -0.05) is 18.2 Å². The normalized spacial score (nSPS) is 9.75. The maximum absolute atomic E-state index is 5.29. The van der Waals surface area contributed by atoms with E-state index in [4.69, 9.17) is 4.74 Å². The molecule has 0 spiro atoms. The zero-order valence-corrected chi connectivity index (χ0v) is 7.94. The minimum atomic E-state index is 0.670. The Morgan fingerprint density at radius 2 is 2.25 bits per heavy atom. The Balaban J connectivity index is 2.90. The minimum absolute atomic E-state index is 0.670. The third kappa shape index (κ3) is 9.40. The van der Waals surface area contributed by atoms with Crippen LogP contribution in [0.25, 0.3) is 0 Å². The van der Waals surface area contributed by atoms with E-state index in [1.54, 1.807) is 0 Å². The smallest absolute Gasteiger partial charge is 0.0672 e. The van der Waals surface area contributed by atoms with Gasteiger partial charge in [-0.25, -0.2) is 0 Å². The lowest BCUT2D eigenvalue weighted by atomic mass is 10.4. The fourth-order valence-electron chi connectivity index (χ4n) is 0.720. The second-order valence-electron chi connectivity index (χ2n) is 2.84. The SMILES string of the molecule is C=CCCNCCOCC(=C)C. The summed E-state index contributed by atoms with van der Waals surface area (Å²) in [7, 11) is 0. The van der Waals surface area contributed by atoms with E-state index in [1.807, 2.05) is 13.0 Å². The van der Waals surface area contributed by atoms with Crippen LogP contribution >= 0.6 is 0 Å². The van der Waals surface area contributed by atoms with E-state index in [0.717, 1.165) is 31.7 Å². The zero-order valence-electron chi connectivity index (χ0n) is 7.94. The molecule has 0 rings (SSSR count). The summed E-state index contributed by atoms with van der Waals surface area (Å²) in [6.07, 6.45) is 2.92. The molecule has 0 amide bonds. The molecule has 0 fully saturated rings. The van der Waals surface area contributed by atoms with Gasteiger partial charge < -0.3 is 10.1 Å². The molecule has 0 aromatic carbocycles. The molecule has 0 aromatic rings. The number of ether oxygens (including phenoxy) is 1. The first-order chi connectivity index (χ1) is 5.77. The van der Waals surface area contributed by atoms with Gasteiger partial charge in [-0.05, 0) is 19.9 Å². The number of nitrogens with one attached hydrogen (secondary N) is 1. The van der Waals surface area contributed by atoms with Crippen molar-refractivity contribution < 1.29 is 4.74 Å². The van der Waals surface area contributed by atoms with Crippen LogP contribution < -0.4 is 5.32 Å². The molecule has 2 nitrogen and oxygen atoms in total. The molecular formula is C10H19NO. The van der Waals surface area contributed by atoms with Crippen molar-refractivity contribution in [2.75, 3.05) is 26.3 Å². The maximum Gasteiger partial charge on any atom is 0.0672 e. The molecule has 0 heterocycles. The molecule has 0 aromatic heterocycles. The molecule has 0 saturated carbocycles. The summed E-state index contributed by atoms with van der Waals surface area (Å²) in [5.41, 5.74) is 1.07. The van der Waals surface area contributed by atoms with Crippen molar-refractivity contribution in [2.24, 2.45) is 0 Å². The molecule has 0 saturated heterocycles. The van der Waals surface area contributed by atoms with Crippen LogP contribution in [0.5, 0.6) is 0 Å². The van der Waals surface area contributed by atoms with E-state index >= 15 is 0 Å². The fourth-order valence-corrected chi connectivity index (χ4v) is 0.720. The number of rotatable bonds is 8. The molecule has 0 unspecified atom stereocenters. The summed E-state index contributed by atoms with van der Waals surface area (Å²) in [6, 6.07) is 0. The van der Waals surface area contributed by atoms with Gasteiger partial charge in [0.1, 0.15) is 0 Å². The Bertz CT molecular complexity index is 132. The van der Waals surface area contributed by atoms with Crippen molar-refractivity contribution >= 4 is 0 Å². The molecule has 0 atom stereocenters. The first-order valence-corrected chi connectivity index (χ1v) is 4.31. The first kappa shape index (κ1) is 11.4. The van der Waals surface area contributed by atoms with Gasteiger partial charge in [0.05, 0.1) is 13.2 Å². The molecular weight excluding hydrogens is 150 g/mol. The van der Waals surface area contributed by atoms with Crippen LogP contribution in [-0.2, 0) is 4.74 Å². The van der Waals surface area contributed by atoms with Crippen molar-refractivity contribution in [2.45, 2.75) is 13.3 Å². The van der Waals surface area contributed by atoms with E-state index in [0.29, 0.717) is 6.61 Å². The van der Waals surface area contributed by atoms with E-state index < -0.39 is 0 Å². The van der Waals surface area contributed by atoms with E-state index in [9.17, 15) is 0 Å². The minimum Gasteiger partial charge on any atom is -0.376 e. The third-order valence-electron chi connectivity index (χ3n) is 1.30. The van der Waals surface area contributed by atoms with Crippen LogP contribution in [0.3, 0.4) is 0 Å². The van der Waals surface area contributed by atoms with Gasteiger partial charge in [0.15, 0.2) is 0 Å². The second-order valence-corrected chi connectivity index (χ2v) is 2.84. The average Bonchev–Trinajstić information content (AvgIpc) is 2.02. The van der Waals surface area contributed by atoms with Crippen LogP contribution in [-0.4, -0.2) is 26.3 Å². The fraction of sp³-hybridized carbons (Fsp3) is 0.600. The van der Waals surface area contributed by atoms with E-state index in [1.165, 1.54) is 0 Å². The van der Waals surface area contributed by atoms with Gasteiger partial charge >= 0.3 is 0 Å². The van der Waals surface area contributed by atoms with E-state index in [-0.39, 0.29) is 0 Å². The van der Waals surface area contributed by atoms with Crippen LogP contribution in [0.15, 0.2) is 24.8 Å². The summed E-state index contributed by atoms with van der Waals surface area (Å²) in [5, 5.41) is 3.23. The highest BCUT2D eigenvalue weighted by molar-refractivity contribution is 4.87. The molecule has 0 radical (unpaired) electrons. The molecule has 0 aliphatic rings. The topological polar surface area (TPSA) is 21.3 Å². The van der Waals surface area contributed by atoms with Gasteiger partial charge in [0.2, 0.25) is 0 Å². The van der Waals surface area contributed by atoms with Gasteiger partial charge in [-0.15, -0.1) is 6.58 Å². The zero-order chi connectivity index (χ0) is 9.23. The number of hydrogen-bond acceptors (Lipinski definition) is 2. The Kier molecular flexibility index (Phi) is 8.07. The highest BCUT2D eigenvalue weighted by Gasteiger charge is 1.87. The second kappa shape index (κ2) is 8.50. The van der Waals surface area contributed by atoms with Crippen LogP contribution in [0.4, 0.5) is 0 Å². The summed E-state index contributed by atoms with van der Waals surface area (Å²) in [6.45, 7) is 12.7. The molecule has 2 heteroatoms. The van der Waals surface area contributed by atoms with Gasteiger partial charge in [0.25, 0.3) is 0 Å². The Morgan fingerprint density at radius 1 is 1.50 bits per heavy atom. The van der Waals surface area contributed by atoms with Crippen molar-refractivity contribution in [3.8, 4) is 0 Å². The molecule has 70 valence electrons. The van der Waals surface area contributed by atoms with Crippen LogP contribution in [0, 0.1) is 0 Å². The Hall–Kier alpha value is -0.600. The van der Waals surface area contributed by atoms with Crippen LogP contribution in [0.2, 0.25) is 0 Å². The molecule has 0 bridgehead atoms. The predicted octanol–water partition coefficient (Wildman–Crippen LogP) is 1.74. The maximum atomic E-state index is 5.29. The highest BCUT2D eigenvalue weighted by atomic mass is 16.5. The summed E-state index contributed by atoms with van der Waals surface area (Å²) >= 11 is 0. The number of hydrogen-bond donors (Lipinski definition) is 1. The third-order valence-corrected chi connectivity index (χ3v) is 1.30. The van der Waals surface area contributed by atoms with Gasteiger partial charge in [0, 0.05) is 6.54 Å². The van der Waals surface area contributed by atoms with Crippen molar-refractivity contribution in [3.05, 3.63) is 24.8 Å². The summed E-state index contributed by atoms with van der Waals surface area (Å²) < 4.78 is 5.29. The molecule has 0 aliphatic carbocycles. The molecule has 1 N–H and O–H groups in total. The van der Waals surface area contributed by atoms with E-state index in [2.05, 4.69) is 18.5 Å². The molecule has 12 heavy (non-hydrogen) atoms. The lowest BCUT2D eigenvalue weighted by molar-refractivity contribution is 0.158. The largest absolute Gasteiger partial charge is 0.376 e. The lowest BCUT2D eigenvalue weighted by Gasteiger charge is -2.04. The summed E-state index contributed by atoms with van der Waals surface area (Å²) in [4.78, 5) is 0. The van der Waals surface area contributed by atoms with Crippen molar-refractivity contribution in [3.63, 3.8) is 0 Å². The van der Waals surface area contributed by atoms with Crippen molar-refractivity contribution in [1.82, 2.24) is 5.32 Å². The first-order valence-electron chi connectivity index (χ1n) is 4.31. The highest BCUT2D eigenvalue weighted by Crippen LogP contribution is 1.86. The standard InChI is InChI=1S/C10H19NO/c1-4-5-6-11-7-8-12-9-10(2)3/h4,11H,1-2,5-9H2,3H3. The predicted molar refractivity (Wildman–Crippen MR) is 53.3 cm³/mol. The Labute approximate surface area is 75.3 Å². The lowest BCUT2D eigenvalue weighted by Crippen LogP contribution is -2.20. The molecule has 0 aliphatic heterocycles. The van der Waals surface area contributed by atoms with Crippen LogP contribution in [0.1, 0.15) is 13.3 Å². The average molecular weight is 169 g/mol. The van der Waals surface area contributed by atoms with Crippen molar-refractivity contribution in [1.29, 1.82) is 0 Å². The van der Waals surface area contributed by atoms with Gasteiger partial charge in [-0.3, -0.25) is 0 Å². The monoisotopic (exact) mass is 169 g/mol. The Morgan fingerprint density at radius 3 is 2.83 bits per heavy atom. The van der Waals surface area contributed by atoms with Gasteiger partial charge in [-0.2, -0.15) is 0 Å².